The number of piperazine rings is 1. The van der Waals surface area contributed by atoms with Gasteiger partial charge >= 0.3 is 0 Å². The molecule has 1 aliphatic rings. The van der Waals surface area contributed by atoms with Crippen LogP contribution in [0.2, 0.25) is 0 Å². The molecule has 4 aromatic rings. The molecule has 0 unspecified atom stereocenters. The van der Waals surface area contributed by atoms with E-state index in [1.54, 1.807) is 13.3 Å². The molecule has 1 fully saturated rings. The summed E-state index contributed by atoms with van der Waals surface area (Å²) in [6.07, 6.45) is 4.16. The lowest BCUT2D eigenvalue weighted by atomic mass is 10.1. The number of hydrogen-bond donors (Lipinski definition) is 3. The van der Waals surface area contributed by atoms with Crippen LogP contribution in [0.3, 0.4) is 0 Å². The van der Waals surface area contributed by atoms with Crippen LogP contribution >= 0.6 is 0 Å². The number of nitrogens with one attached hydrogen (secondary N) is 2. The number of rotatable bonds is 5. The molecule has 5 rings (SSSR count). The van der Waals surface area contributed by atoms with Gasteiger partial charge in [0.2, 0.25) is 0 Å². The number of hydrogen-bond acceptors (Lipinski definition) is 6. The highest BCUT2D eigenvalue weighted by molar-refractivity contribution is 5.90. The van der Waals surface area contributed by atoms with Crippen LogP contribution in [0.15, 0.2) is 41.1 Å². The first-order valence-electron chi connectivity index (χ1n) is 9.89. The summed E-state index contributed by atoms with van der Waals surface area (Å²) in [5.41, 5.74) is 4.53. The molecule has 1 aliphatic heterocycles. The minimum absolute atomic E-state index is 0.189. The van der Waals surface area contributed by atoms with E-state index in [-0.39, 0.29) is 5.75 Å². The molecule has 7 nitrogen and oxygen atoms in total. The summed E-state index contributed by atoms with van der Waals surface area (Å²) in [7, 11) is 1.67. The van der Waals surface area contributed by atoms with E-state index in [0.29, 0.717) is 17.8 Å². The number of ether oxygens (including phenoxy) is 1. The molecule has 0 amide bonds. The Morgan fingerprint density at radius 1 is 1.24 bits per heavy atom. The van der Waals surface area contributed by atoms with Crippen molar-refractivity contribution in [2.24, 2.45) is 0 Å². The first kappa shape index (κ1) is 18.0. The van der Waals surface area contributed by atoms with Gasteiger partial charge < -0.3 is 24.6 Å². The van der Waals surface area contributed by atoms with Gasteiger partial charge in [0.05, 0.1) is 29.1 Å². The van der Waals surface area contributed by atoms with Crippen LogP contribution < -0.4 is 10.1 Å². The van der Waals surface area contributed by atoms with E-state index in [2.05, 4.69) is 20.2 Å². The molecule has 7 heteroatoms. The Balaban J connectivity index is 1.55. The summed E-state index contributed by atoms with van der Waals surface area (Å²) in [6, 6.07) is 7.66. The van der Waals surface area contributed by atoms with Crippen LogP contribution in [-0.2, 0) is 13.0 Å². The van der Waals surface area contributed by atoms with Gasteiger partial charge in [0.1, 0.15) is 11.3 Å². The number of benzene rings is 1. The first-order valence-corrected chi connectivity index (χ1v) is 9.89. The zero-order chi connectivity index (χ0) is 19.8. The zero-order valence-electron chi connectivity index (χ0n) is 16.4. The molecule has 3 aromatic heterocycles. The third-order valence-corrected chi connectivity index (χ3v) is 5.64. The van der Waals surface area contributed by atoms with Crippen molar-refractivity contribution in [3.05, 3.63) is 53.5 Å². The summed E-state index contributed by atoms with van der Waals surface area (Å²) < 4.78 is 11.8. The smallest absolute Gasteiger partial charge is 0.165 e. The molecular weight excluding hydrogens is 368 g/mol. The Morgan fingerprint density at radius 3 is 2.93 bits per heavy atom. The number of pyridine rings is 1. The van der Waals surface area contributed by atoms with Crippen molar-refractivity contribution < 1.29 is 14.3 Å². The molecule has 3 N–H and O–H groups in total. The van der Waals surface area contributed by atoms with E-state index in [1.807, 2.05) is 30.5 Å². The van der Waals surface area contributed by atoms with Gasteiger partial charge in [-0.05, 0) is 24.3 Å². The normalized spacial score (nSPS) is 15.3. The molecule has 1 saturated heterocycles. The van der Waals surface area contributed by atoms with E-state index in [0.717, 1.165) is 66.0 Å². The topological polar surface area (TPSA) is 86.5 Å². The number of furan rings is 1. The van der Waals surface area contributed by atoms with Gasteiger partial charge in [-0.15, -0.1) is 0 Å². The largest absolute Gasteiger partial charge is 0.504 e. The molecule has 4 heterocycles. The summed E-state index contributed by atoms with van der Waals surface area (Å²) >= 11 is 0. The van der Waals surface area contributed by atoms with Crippen molar-refractivity contribution in [3.63, 3.8) is 0 Å². The summed E-state index contributed by atoms with van der Waals surface area (Å²) in [6.45, 7) is 4.62. The SMILES string of the molecule is COc1ccc2c(O)c(Cc3c[nH]c4cccnc34)oc2c1CN1CCNCC1. The van der Waals surface area contributed by atoms with Gasteiger partial charge in [0.25, 0.3) is 0 Å². The fourth-order valence-electron chi connectivity index (χ4n) is 4.11. The van der Waals surface area contributed by atoms with Crippen LogP contribution in [0.25, 0.3) is 22.0 Å². The number of methoxy groups -OCH3 is 1. The molecule has 0 radical (unpaired) electrons. The van der Waals surface area contributed by atoms with Crippen molar-refractivity contribution in [3.8, 4) is 11.5 Å². The van der Waals surface area contributed by atoms with Crippen molar-refractivity contribution in [2.75, 3.05) is 33.3 Å². The predicted octanol–water partition coefficient (Wildman–Crippen LogP) is 3.02. The molecule has 1 aromatic carbocycles. The van der Waals surface area contributed by atoms with Gasteiger partial charge in [0, 0.05) is 57.1 Å². The average molecular weight is 392 g/mol. The second-order valence-corrected chi connectivity index (χ2v) is 7.41. The van der Waals surface area contributed by atoms with Gasteiger partial charge in [-0.1, -0.05) is 0 Å². The third kappa shape index (κ3) is 3.22. The molecular formula is C22H24N4O3. The quantitative estimate of drug-likeness (QED) is 0.484. The Hall–Kier alpha value is -3.03. The van der Waals surface area contributed by atoms with E-state index in [4.69, 9.17) is 9.15 Å². The Kier molecular flexibility index (Phi) is 4.61. The van der Waals surface area contributed by atoms with Gasteiger partial charge in [0.15, 0.2) is 11.5 Å². The molecule has 0 saturated carbocycles. The number of nitrogens with zero attached hydrogens (tertiary/aromatic N) is 2. The Morgan fingerprint density at radius 2 is 2.10 bits per heavy atom. The molecule has 150 valence electrons. The molecule has 0 atom stereocenters. The van der Waals surface area contributed by atoms with Gasteiger partial charge in [-0.2, -0.15) is 0 Å². The van der Waals surface area contributed by atoms with E-state index in [1.165, 1.54) is 0 Å². The zero-order valence-corrected chi connectivity index (χ0v) is 16.4. The molecule has 0 spiro atoms. The Labute approximate surface area is 168 Å². The third-order valence-electron chi connectivity index (χ3n) is 5.64. The fraction of sp³-hybridized carbons (Fsp3) is 0.318. The van der Waals surface area contributed by atoms with Gasteiger partial charge in [-0.3, -0.25) is 9.88 Å². The minimum atomic E-state index is 0.189. The van der Waals surface area contributed by atoms with Crippen molar-refractivity contribution in [1.29, 1.82) is 0 Å². The summed E-state index contributed by atoms with van der Waals surface area (Å²) in [5, 5.41) is 15.0. The van der Waals surface area contributed by atoms with Crippen molar-refractivity contribution in [2.45, 2.75) is 13.0 Å². The highest BCUT2D eigenvalue weighted by Gasteiger charge is 2.22. The lowest BCUT2D eigenvalue weighted by Crippen LogP contribution is -2.42. The highest BCUT2D eigenvalue weighted by atomic mass is 16.5. The van der Waals surface area contributed by atoms with Crippen LogP contribution in [-0.4, -0.2) is 53.3 Å². The maximum Gasteiger partial charge on any atom is 0.165 e. The number of aromatic hydroxyl groups is 1. The van der Waals surface area contributed by atoms with E-state index < -0.39 is 0 Å². The van der Waals surface area contributed by atoms with Crippen LogP contribution in [0.4, 0.5) is 0 Å². The first-order chi connectivity index (χ1) is 14.2. The highest BCUT2D eigenvalue weighted by Crippen LogP contribution is 2.39. The van der Waals surface area contributed by atoms with Crippen molar-refractivity contribution >= 4 is 22.0 Å². The number of H-pyrrole nitrogens is 1. The second kappa shape index (κ2) is 7.42. The van der Waals surface area contributed by atoms with E-state index in [9.17, 15) is 5.11 Å². The lowest BCUT2D eigenvalue weighted by molar-refractivity contribution is 0.230. The maximum atomic E-state index is 10.9. The number of aromatic nitrogens is 2. The standard InChI is InChI=1S/C22H24N4O3/c1-28-18-5-4-15-21(27)19(11-14-12-25-17-3-2-6-24-20(14)17)29-22(15)16(18)13-26-9-7-23-8-10-26/h2-6,12,23,25,27H,7-11,13H2,1H3. The maximum absolute atomic E-state index is 10.9. The molecule has 0 bridgehead atoms. The lowest BCUT2D eigenvalue weighted by Gasteiger charge is -2.27. The summed E-state index contributed by atoms with van der Waals surface area (Å²) in [4.78, 5) is 10.1. The summed E-state index contributed by atoms with van der Waals surface area (Å²) in [5.74, 6) is 1.51. The van der Waals surface area contributed by atoms with E-state index >= 15 is 0 Å². The second-order valence-electron chi connectivity index (χ2n) is 7.41. The minimum Gasteiger partial charge on any atom is -0.504 e. The number of fused-ring (bicyclic) bond motifs is 2. The Bertz CT molecular complexity index is 1160. The predicted molar refractivity (Wildman–Crippen MR) is 111 cm³/mol. The van der Waals surface area contributed by atoms with Crippen LogP contribution in [0, 0.1) is 0 Å². The van der Waals surface area contributed by atoms with Crippen LogP contribution in [0.5, 0.6) is 11.5 Å². The number of aromatic amines is 1. The molecule has 0 aliphatic carbocycles. The monoisotopic (exact) mass is 392 g/mol. The van der Waals surface area contributed by atoms with Gasteiger partial charge in [-0.25, -0.2) is 0 Å². The molecule has 29 heavy (non-hydrogen) atoms. The van der Waals surface area contributed by atoms with Crippen molar-refractivity contribution in [1.82, 2.24) is 20.2 Å². The fourth-order valence-corrected chi connectivity index (χ4v) is 4.11. The van der Waals surface area contributed by atoms with Crippen LogP contribution in [0.1, 0.15) is 16.9 Å². The average Bonchev–Trinajstić information content (AvgIpc) is 3.31.